The summed E-state index contributed by atoms with van der Waals surface area (Å²) in [7, 11) is 3.38. The number of nitrogens with zero attached hydrogens (tertiary/aromatic N) is 3. The van der Waals surface area contributed by atoms with Crippen LogP contribution in [0, 0.1) is 0 Å². The van der Waals surface area contributed by atoms with E-state index in [4.69, 9.17) is 5.11 Å². The standard InChI is InChI=1S/C18H22N4O4/c1-21(2)17(24)8-4-7-16(23)19-12-13-5-3-6-14(11-13)22-10-9-15(20-22)18(25)26/h3,5-6,9-11H,4,7-8,12H2,1-2H3,(H,19,23)(H,25,26). The number of nitrogens with one attached hydrogen (secondary N) is 1. The summed E-state index contributed by atoms with van der Waals surface area (Å²) in [6.07, 6.45) is 2.72. The molecule has 0 bridgehead atoms. The van der Waals surface area contributed by atoms with Crippen molar-refractivity contribution >= 4 is 17.8 Å². The van der Waals surface area contributed by atoms with E-state index in [1.165, 1.54) is 15.6 Å². The number of carboxylic acid groups (broad SMARTS) is 1. The molecule has 0 saturated heterocycles. The Morgan fingerprint density at radius 1 is 1.19 bits per heavy atom. The van der Waals surface area contributed by atoms with Crippen LogP contribution in [0.1, 0.15) is 35.3 Å². The maximum atomic E-state index is 11.9. The van der Waals surface area contributed by atoms with Crippen LogP contribution >= 0.6 is 0 Å². The van der Waals surface area contributed by atoms with Gasteiger partial charge in [-0.25, -0.2) is 9.48 Å². The van der Waals surface area contributed by atoms with Crippen molar-refractivity contribution in [2.75, 3.05) is 14.1 Å². The van der Waals surface area contributed by atoms with Gasteiger partial charge in [0, 0.05) is 39.7 Å². The third-order valence-corrected chi connectivity index (χ3v) is 3.77. The minimum atomic E-state index is -1.08. The van der Waals surface area contributed by atoms with Crippen molar-refractivity contribution in [3.05, 3.63) is 47.8 Å². The summed E-state index contributed by atoms with van der Waals surface area (Å²) in [5.41, 5.74) is 1.55. The van der Waals surface area contributed by atoms with Gasteiger partial charge < -0.3 is 15.3 Å². The van der Waals surface area contributed by atoms with Gasteiger partial charge in [0.15, 0.2) is 5.69 Å². The molecule has 26 heavy (non-hydrogen) atoms. The van der Waals surface area contributed by atoms with Crippen LogP contribution in [0.3, 0.4) is 0 Å². The first-order chi connectivity index (χ1) is 12.4. The molecule has 0 aliphatic rings. The molecule has 2 amide bonds. The van der Waals surface area contributed by atoms with E-state index in [-0.39, 0.29) is 17.5 Å². The summed E-state index contributed by atoms with van der Waals surface area (Å²) < 4.78 is 1.47. The normalized spacial score (nSPS) is 10.4. The van der Waals surface area contributed by atoms with Crippen molar-refractivity contribution in [3.8, 4) is 5.69 Å². The first-order valence-corrected chi connectivity index (χ1v) is 8.22. The molecule has 138 valence electrons. The van der Waals surface area contributed by atoms with Crippen molar-refractivity contribution in [3.63, 3.8) is 0 Å². The highest BCUT2D eigenvalue weighted by atomic mass is 16.4. The number of aromatic nitrogens is 2. The van der Waals surface area contributed by atoms with Crippen LogP contribution in [0.25, 0.3) is 5.69 Å². The second kappa shape index (κ2) is 8.80. The highest BCUT2D eigenvalue weighted by molar-refractivity contribution is 5.85. The molecule has 0 fully saturated rings. The van der Waals surface area contributed by atoms with Crippen molar-refractivity contribution in [2.24, 2.45) is 0 Å². The van der Waals surface area contributed by atoms with Gasteiger partial charge in [0.05, 0.1) is 5.69 Å². The Labute approximate surface area is 151 Å². The maximum Gasteiger partial charge on any atom is 0.356 e. The van der Waals surface area contributed by atoms with E-state index >= 15 is 0 Å². The minimum Gasteiger partial charge on any atom is -0.476 e. The number of benzene rings is 1. The Balaban J connectivity index is 1.87. The fourth-order valence-electron chi connectivity index (χ4n) is 2.30. The van der Waals surface area contributed by atoms with Crippen molar-refractivity contribution in [1.29, 1.82) is 0 Å². The zero-order valence-corrected chi connectivity index (χ0v) is 14.8. The molecular weight excluding hydrogens is 336 g/mol. The zero-order chi connectivity index (χ0) is 19.1. The second-order valence-corrected chi connectivity index (χ2v) is 6.04. The third-order valence-electron chi connectivity index (χ3n) is 3.77. The molecule has 0 saturated carbocycles. The van der Waals surface area contributed by atoms with Gasteiger partial charge in [-0.1, -0.05) is 12.1 Å². The highest BCUT2D eigenvalue weighted by Crippen LogP contribution is 2.11. The van der Waals surface area contributed by atoms with Crippen LogP contribution in [0.4, 0.5) is 0 Å². The number of carbonyl (C=O) groups excluding carboxylic acids is 2. The summed E-state index contributed by atoms with van der Waals surface area (Å²) in [4.78, 5) is 35.8. The monoisotopic (exact) mass is 358 g/mol. The van der Waals surface area contributed by atoms with E-state index in [1.807, 2.05) is 18.2 Å². The molecule has 0 aliphatic heterocycles. The van der Waals surface area contributed by atoms with Gasteiger partial charge in [0.1, 0.15) is 0 Å². The lowest BCUT2D eigenvalue weighted by atomic mass is 10.2. The Hall–Kier alpha value is -3.16. The lowest BCUT2D eigenvalue weighted by Crippen LogP contribution is -2.24. The van der Waals surface area contributed by atoms with Gasteiger partial charge in [-0.05, 0) is 30.2 Å². The summed E-state index contributed by atoms with van der Waals surface area (Å²) in [5.74, 6) is -1.19. The maximum absolute atomic E-state index is 11.9. The van der Waals surface area contributed by atoms with Gasteiger partial charge in [0.25, 0.3) is 0 Å². The molecule has 1 heterocycles. The van der Waals surface area contributed by atoms with E-state index in [1.54, 1.807) is 26.4 Å². The molecule has 2 rings (SSSR count). The van der Waals surface area contributed by atoms with Crippen LogP contribution in [0.5, 0.6) is 0 Å². The van der Waals surface area contributed by atoms with Gasteiger partial charge in [-0.3, -0.25) is 9.59 Å². The molecule has 1 aromatic heterocycles. The SMILES string of the molecule is CN(C)C(=O)CCCC(=O)NCc1cccc(-n2ccc(C(=O)O)n2)c1. The van der Waals surface area contributed by atoms with Gasteiger partial charge in [0.2, 0.25) is 11.8 Å². The summed E-state index contributed by atoms with van der Waals surface area (Å²) in [6, 6.07) is 8.73. The largest absolute Gasteiger partial charge is 0.476 e. The third kappa shape index (κ3) is 5.44. The molecule has 0 radical (unpaired) electrons. The Kier molecular flexibility index (Phi) is 6.48. The Morgan fingerprint density at radius 3 is 2.62 bits per heavy atom. The van der Waals surface area contributed by atoms with E-state index in [9.17, 15) is 14.4 Å². The zero-order valence-electron chi connectivity index (χ0n) is 14.8. The molecular formula is C18H22N4O4. The lowest BCUT2D eigenvalue weighted by Gasteiger charge is -2.10. The smallest absolute Gasteiger partial charge is 0.356 e. The van der Waals surface area contributed by atoms with E-state index in [0.717, 1.165) is 5.56 Å². The molecule has 0 unspecified atom stereocenters. The molecule has 0 atom stereocenters. The summed E-state index contributed by atoms with van der Waals surface area (Å²) in [5, 5.41) is 15.7. The number of carboxylic acids is 1. The van der Waals surface area contributed by atoms with E-state index < -0.39 is 5.97 Å². The molecule has 1 aromatic carbocycles. The molecule has 8 nitrogen and oxygen atoms in total. The van der Waals surface area contributed by atoms with Gasteiger partial charge in [-0.15, -0.1) is 0 Å². The first-order valence-electron chi connectivity index (χ1n) is 8.22. The molecule has 0 spiro atoms. The first kappa shape index (κ1) is 19.2. The van der Waals surface area contributed by atoms with Gasteiger partial charge >= 0.3 is 5.97 Å². The summed E-state index contributed by atoms with van der Waals surface area (Å²) >= 11 is 0. The Bertz CT molecular complexity index is 798. The number of rotatable bonds is 8. The molecule has 2 aromatic rings. The quantitative estimate of drug-likeness (QED) is 0.743. The predicted octanol–water partition coefficient (Wildman–Crippen LogP) is 1.45. The topological polar surface area (TPSA) is 105 Å². The fraction of sp³-hybridized carbons (Fsp3) is 0.333. The van der Waals surface area contributed by atoms with Crippen LogP contribution < -0.4 is 5.32 Å². The van der Waals surface area contributed by atoms with E-state index in [0.29, 0.717) is 31.5 Å². The Morgan fingerprint density at radius 2 is 1.96 bits per heavy atom. The van der Waals surface area contributed by atoms with Crippen LogP contribution in [0.2, 0.25) is 0 Å². The lowest BCUT2D eigenvalue weighted by molar-refractivity contribution is -0.129. The molecule has 0 aliphatic carbocycles. The number of hydrogen-bond donors (Lipinski definition) is 2. The predicted molar refractivity (Wildman–Crippen MR) is 94.9 cm³/mol. The summed E-state index contributed by atoms with van der Waals surface area (Å²) in [6.45, 7) is 0.349. The van der Waals surface area contributed by atoms with Crippen molar-refractivity contribution in [1.82, 2.24) is 20.0 Å². The average Bonchev–Trinajstić information content (AvgIpc) is 3.10. The second-order valence-electron chi connectivity index (χ2n) is 6.04. The van der Waals surface area contributed by atoms with Gasteiger partial charge in [-0.2, -0.15) is 5.10 Å². The number of aromatic carboxylic acids is 1. The van der Waals surface area contributed by atoms with Crippen molar-refractivity contribution < 1.29 is 19.5 Å². The van der Waals surface area contributed by atoms with Crippen LogP contribution in [-0.2, 0) is 16.1 Å². The van der Waals surface area contributed by atoms with Crippen LogP contribution in [0.15, 0.2) is 36.5 Å². The van der Waals surface area contributed by atoms with Crippen LogP contribution in [-0.4, -0.2) is 51.7 Å². The number of carbonyl (C=O) groups is 3. The number of amides is 2. The molecule has 2 N–H and O–H groups in total. The molecule has 8 heteroatoms. The van der Waals surface area contributed by atoms with Crippen molar-refractivity contribution in [2.45, 2.75) is 25.8 Å². The highest BCUT2D eigenvalue weighted by Gasteiger charge is 2.09. The average molecular weight is 358 g/mol. The fourth-order valence-corrected chi connectivity index (χ4v) is 2.30. The van der Waals surface area contributed by atoms with E-state index in [2.05, 4.69) is 10.4 Å². The number of hydrogen-bond acceptors (Lipinski definition) is 4. The minimum absolute atomic E-state index is 0.00505.